The maximum Gasteiger partial charge on any atom is 0.285 e. The molecule has 1 aromatic heterocycles. The number of hydrogen-bond donors (Lipinski definition) is 3. The lowest BCUT2D eigenvalue weighted by atomic mass is 10.0. The molecule has 5 N–H and O–H groups in total. The van der Waals surface area contributed by atoms with Crippen molar-refractivity contribution in [2.75, 3.05) is 5.32 Å². The van der Waals surface area contributed by atoms with Crippen LogP contribution in [-0.4, -0.2) is 20.3 Å². The molecule has 0 saturated carbocycles. The quantitative estimate of drug-likeness (QED) is 0.172. The second kappa shape index (κ2) is 11.7. The van der Waals surface area contributed by atoms with Crippen molar-refractivity contribution in [3.63, 3.8) is 0 Å². The molecule has 0 radical (unpaired) electrons. The zero-order chi connectivity index (χ0) is 27.1. The summed E-state index contributed by atoms with van der Waals surface area (Å²) >= 11 is 0. The minimum atomic E-state index is -3.99. The topological polar surface area (TPSA) is 132 Å². The van der Waals surface area contributed by atoms with Gasteiger partial charge in [0.05, 0.1) is 11.3 Å². The number of sulfonamides is 1. The second-order valence-corrected chi connectivity index (χ2v) is 10.3. The van der Waals surface area contributed by atoms with Crippen LogP contribution < -0.4 is 21.4 Å². The van der Waals surface area contributed by atoms with Gasteiger partial charge in [-0.15, -0.1) is 4.40 Å². The molecule has 0 fully saturated rings. The van der Waals surface area contributed by atoms with Crippen LogP contribution in [0.2, 0.25) is 0 Å². The molecule has 1 heterocycles. The Morgan fingerprint density at radius 2 is 1.45 bits per heavy atom. The van der Waals surface area contributed by atoms with Crippen molar-refractivity contribution >= 4 is 27.6 Å². The third kappa shape index (κ3) is 6.43. The molecule has 4 rings (SSSR count). The number of carbonyl (C=O) groups is 1. The van der Waals surface area contributed by atoms with Crippen molar-refractivity contribution < 1.29 is 17.8 Å². The van der Waals surface area contributed by atoms with Gasteiger partial charge in [-0.3, -0.25) is 4.79 Å². The van der Waals surface area contributed by atoms with E-state index >= 15 is 0 Å². The molecule has 0 atom stereocenters. The van der Waals surface area contributed by atoms with Crippen LogP contribution in [0.4, 0.5) is 5.69 Å². The van der Waals surface area contributed by atoms with Crippen LogP contribution in [0.5, 0.6) is 0 Å². The Morgan fingerprint density at radius 1 is 0.842 bits per heavy atom. The van der Waals surface area contributed by atoms with E-state index in [2.05, 4.69) is 57.6 Å². The van der Waals surface area contributed by atoms with Crippen LogP contribution in [0.25, 0.3) is 22.4 Å². The first kappa shape index (κ1) is 26.6. The highest BCUT2D eigenvalue weighted by Crippen LogP contribution is 2.25. The van der Waals surface area contributed by atoms with Crippen molar-refractivity contribution in [1.82, 2.24) is 0 Å². The van der Waals surface area contributed by atoms with Gasteiger partial charge in [0.2, 0.25) is 17.6 Å². The zero-order valence-corrected chi connectivity index (χ0v) is 21.9. The lowest BCUT2D eigenvalue weighted by molar-refractivity contribution is -0.692. The maximum atomic E-state index is 12.9. The van der Waals surface area contributed by atoms with E-state index in [1.54, 1.807) is 0 Å². The summed E-state index contributed by atoms with van der Waals surface area (Å²) in [5.41, 5.74) is 16.3. The van der Waals surface area contributed by atoms with E-state index in [1.807, 2.05) is 36.4 Å². The number of nitrogens with two attached hydrogens (primary N) is 2. The van der Waals surface area contributed by atoms with Crippen molar-refractivity contribution in [1.29, 1.82) is 0 Å². The van der Waals surface area contributed by atoms with Gasteiger partial charge in [-0.25, -0.2) is 0 Å². The van der Waals surface area contributed by atoms with E-state index in [-0.39, 0.29) is 17.2 Å². The monoisotopic (exact) mass is 528 g/mol. The fourth-order valence-electron chi connectivity index (χ4n) is 4.22. The SMILES string of the molecule is CCc1cc(-c2ccccc2)cc(-c2ccccc2)[n+]1CCC(=O)Nc1ccc(S(=O)(=O)N=C(N)N)cc1. The summed E-state index contributed by atoms with van der Waals surface area (Å²) in [4.78, 5) is 12.8. The number of benzene rings is 3. The Bertz CT molecular complexity index is 1550. The number of hydrogen-bond acceptors (Lipinski definition) is 3. The molecule has 3 aromatic carbocycles. The molecule has 0 aliphatic carbocycles. The molecule has 0 spiro atoms. The van der Waals surface area contributed by atoms with Crippen LogP contribution in [0, 0.1) is 0 Å². The molecule has 9 heteroatoms. The summed E-state index contributed by atoms with van der Waals surface area (Å²) in [6, 6.07) is 30.4. The van der Waals surface area contributed by atoms with Crippen molar-refractivity contribution in [2.24, 2.45) is 15.9 Å². The van der Waals surface area contributed by atoms with Crippen LogP contribution in [0.15, 0.2) is 106 Å². The van der Waals surface area contributed by atoms with Gasteiger partial charge in [0.15, 0.2) is 12.2 Å². The van der Waals surface area contributed by atoms with E-state index in [9.17, 15) is 13.2 Å². The molecule has 194 valence electrons. The van der Waals surface area contributed by atoms with Gasteiger partial charge < -0.3 is 16.8 Å². The molecule has 0 bridgehead atoms. The molecule has 0 aliphatic heterocycles. The minimum Gasteiger partial charge on any atom is -0.369 e. The zero-order valence-electron chi connectivity index (χ0n) is 21.0. The molecular weight excluding hydrogens is 498 g/mol. The number of aryl methyl sites for hydroxylation is 1. The van der Waals surface area contributed by atoms with E-state index < -0.39 is 16.0 Å². The highest BCUT2D eigenvalue weighted by atomic mass is 32.2. The highest BCUT2D eigenvalue weighted by Gasteiger charge is 2.21. The number of amides is 1. The largest absolute Gasteiger partial charge is 0.369 e. The fraction of sp³-hybridized carbons (Fsp3) is 0.138. The van der Waals surface area contributed by atoms with Gasteiger partial charge in [-0.1, -0.05) is 55.5 Å². The van der Waals surface area contributed by atoms with Gasteiger partial charge in [0.25, 0.3) is 10.0 Å². The van der Waals surface area contributed by atoms with Crippen molar-refractivity contribution in [3.8, 4) is 22.4 Å². The van der Waals surface area contributed by atoms with Gasteiger partial charge in [-0.05, 0) is 47.5 Å². The number of pyridine rings is 1. The van der Waals surface area contributed by atoms with Gasteiger partial charge in [0, 0.05) is 29.8 Å². The van der Waals surface area contributed by atoms with Gasteiger partial charge in [0.1, 0.15) is 0 Å². The Morgan fingerprint density at radius 3 is 2.03 bits per heavy atom. The number of nitrogens with one attached hydrogen (secondary N) is 1. The Hall–Kier alpha value is -4.50. The summed E-state index contributed by atoms with van der Waals surface area (Å²) in [5, 5.41) is 2.83. The highest BCUT2D eigenvalue weighted by molar-refractivity contribution is 7.90. The van der Waals surface area contributed by atoms with E-state index in [0.717, 1.165) is 34.5 Å². The molecule has 4 aromatic rings. The molecule has 8 nitrogen and oxygen atoms in total. The molecule has 0 unspecified atom stereocenters. The predicted octanol–water partition coefficient (Wildman–Crippen LogP) is 3.86. The normalized spacial score (nSPS) is 11.1. The molecule has 0 aliphatic rings. The number of aromatic nitrogens is 1. The van der Waals surface area contributed by atoms with Crippen molar-refractivity contribution in [3.05, 3.63) is 103 Å². The van der Waals surface area contributed by atoms with E-state index in [0.29, 0.717) is 12.2 Å². The molecule has 0 saturated heterocycles. The van der Waals surface area contributed by atoms with Crippen LogP contribution in [0.3, 0.4) is 0 Å². The Labute approximate surface area is 222 Å². The fourth-order valence-corrected chi connectivity index (χ4v) is 5.08. The van der Waals surface area contributed by atoms with Crippen molar-refractivity contribution in [2.45, 2.75) is 31.2 Å². The van der Waals surface area contributed by atoms with Gasteiger partial charge >= 0.3 is 0 Å². The van der Waals surface area contributed by atoms with E-state index in [4.69, 9.17) is 11.5 Å². The van der Waals surface area contributed by atoms with Gasteiger partial charge in [-0.2, -0.15) is 13.0 Å². The Kier molecular flexibility index (Phi) is 8.18. The second-order valence-electron chi connectivity index (χ2n) is 8.67. The van der Waals surface area contributed by atoms with Crippen LogP contribution >= 0.6 is 0 Å². The molecule has 38 heavy (non-hydrogen) atoms. The summed E-state index contributed by atoms with van der Waals surface area (Å²) < 4.78 is 29.7. The van der Waals surface area contributed by atoms with E-state index in [1.165, 1.54) is 24.3 Å². The summed E-state index contributed by atoms with van der Waals surface area (Å²) in [5.74, 6) is -0.733. The average molecular weight is 529 g/mol. The first-order valence-corrected chi connectivity index (χ1v) is 13.6. The number of nitrogens with zero attached hydrogens (tertiary/aromatic N) is 2. The summed E-state index contributed by atoms with van der Waals surface area (Å²) in [7, 11) is -3.99. The maximum absolute atomic E-state index is 12.9. The standard InChI is InChI=1S/C29H29N5O3S/c1-2-25-19-23(21-9-5-3-6-10-21)20-27(22-11-7-4-8-12-22)34(25)18-17-28(35)32-24-13-15-26(16-14-24)38(36,37)33-29(30)31/h3-16,19-20H,2,17-18H2,1H3,(H4-,30,31,32,33,35)/p+1. The molecule has 1 amide bonds. The predicted molar refractivity (Wildman–Crippen MR) is 150 cm³/mol. The number of carbonyl (C=O) groups excluding carboxylic acids is 1. The number of anilines is 1. The third-order valence-electron chi connectivity index (χ3n) is 6.01. The minimum absolute atomic E-state index is 0.0712. The smallest absolute Gasteiger partial charge is 0.285 e. The van der Waals surface area contributed by atoms with Crippen LogP contribution in [-0.2, 0) is 27.8 Å². The lowest BCUT2D eigenvalue weighted by Gasteiger charge is -2.12. The Balaban J connectivity index is 1.56. The summed E-state index contributed by atoms with van der Waals surface area (Å²) in [6.45, 7) is 2.58. The van der Waals surface area contributed by atoms with Crippen LogP contribution in [0.1, 0.15) is 19.0 Å². The summed E-state index contributed by atoms with van der Waals surface area (Å²) in [6.07, 6.45) is 1.03. The first-order chi connectivity index (χ1) is 18.3. The first-order valence-electron chi connectivity index (χ1n) is 12.2. The number of guanidine groups is 1. The molecular formula is C29H30N5O3S+. The third-order valence-corrected chi connectivity index (χ3v) is 7.33. The lowest BCUT2D eigenvalue weighted by Crippen LogP contribution is -2.42. The number of rotatable bonds is 9. The average Bonchev–Trinajstić information content (AvgIpc) is 2.92.